The number of allylic oxidation sites excluding steroid dienone is 2. The molecule has 0 rings (SSSR count). The van der Waals surface area contributed by atoms with Gasteiger partial charge in [-0.05, 0) is 44.4 Å². The first-order valence-corrected chi connectivity index (χ1v) is 17.2. The summed E-state index contributed by atoms with van der Waals surface area (Å²) in [6.45, 7) is 3.74. The monoisotopic (exact) mass is 566 g/mol. The molecule has 3 atom stereocenters. The Bertz CT molecular complexity index is 603. The number of carbonyl (C=O) groups is 2. The van der Waals surface area contributed by atoms with Crippen LogP contribution in [0.15, 0.2) is 12.2 Å². The predicted molar refractivity (Wildman–Crippen MR) is 169 cm³/mol. The van der Waals surface area contributed by atoms with Gasteiger partial charge in [-0.1, -0.05) is 142 Å². The maximum atomic E-state index is 12.4. The summed E-state index contributed by atoms with van der Waals surface area (Å²) in [5.41, 5.74) is 0. The van der Waals surface area contributed by atoms with Gasteiger partial charge in [0, 0.05) is 6.42 Å². The fraction of sp³-hybridized carbons (Fsp3) is 0.886. The van der Waals surface area contributed by atoms with E-state index < -0.39 is 30.4 Å². The molecular formula is C35H66O5. The summed E-state index contributed by atoms with van der Waals surface area (Å²) in [4.78, 5) is 24.4. The van der Waals surface area contributed by atoms with Crippen molar-refractivity contribution in [2.75, 3.05) is 6.61 Å². The predicted octanol–water partition coefficient (Wildman–Crippen LogP) is 8.80. The number of carbonyl (C=O) groups excluding carboxylic acids is 2. The zero-order chi connectivity index (χ0) is 29.7. The van der Waals surface area contributed by atoms with E-state index in [0.29, 0.717) is 12.8 Å². The number of unbranched alkanes of at least 4 members (excludes halogenated alkanes) is 19. The Labute approximate surface area is 247 Å². The largest absolute Gasteiger partial charge is 0.393 e. The first-order valence-electron chi connectivity index (χ1n) is 17.2. The summed E-state index contributed by atoms with van der Waals surface area (Å²) in [7, 11) is 0. The van der Waals surface area contributed by atoms with Gasteiger partial charge in [0.25, 0.3) is 0 Å². The van der Waals surface area contributed by atoms with Crippen LogP contribution in [0, 0.1) is 5.92 Å². The molecule has 236 valence electrons. The lowest BCUT2D eigenvalue weighted by molar-refractivity contribution is -0.143. The molecule has 0 spiro atoms. The van der Waals surface area contributed by atoms with E-state index in [1.165, 1.54) is 96.3 Å². The lowest BCUT2D eigenvalue weighted by Gasteiger charge is -2.22. The smallest absolute Gasteiger partial charge is 0.229 e. The van der Waals surface area contributed by atoms with Crippen LogP contribution in [0.1, 0.15) is 174 Å². The van der Waals surface area contributed by atoms with Gasteiger partial charge in [-0.3, -0.25) is 9.59 Å². The van der Waals surface area contributed by atoms with E-state index in [1.54, 1.807) is 0 Å². The maximum absolute atomic E-state index is 12.4. The molecule has 0 amide bonds. The van der Waals surface area contributed by atoms with Crippen LogP contribution in [-0.2, 0) is 9.59 Å². The summed E-state index contributed by atoms with van der Waals surface area (Å²) in [5.74, 6) is -1.89. The van der Waals surface area contributed by atoms with Gasteiger partial charge in [-0.25, -0.2) is 0 Å². The fourth-order valence-corrected chi connectivity index (χ4v) is 5.42. The van der Waals surface area contributed by atoms with E-state index in [-0.39, 0.29) is 12.3 Å². The van der Waals surface area contributed by atoms with Crippen molar-refractivity contribution in [1.29, 1.82) is 0 Å². The Hall–Kier alpha value is -1.04. The Balaban J connectivity index is 4.27. The third kappa shape index (κ3) is 23.6. The number of hydrogen-bond acceptors (Lipinski definition) is 5. The van der Waals surface area contributed by atoms with Gasteiger partial charge < -0.3 is 15.3 Å². The van der Waals surface area contributed by atoms with Gasteiger partial charge in [-0.15, -0.1) is 0 Å². The van der Waals surface area contributed by atoms with Crippen molar-refractivity contribution in [2.24, 2.45) is 5.92 Å². The van der Waals surface area contributed by atoms with E-state index in [0.717, 1.165) is 44.9 Å². The molecule has 0 heterocycles. The average molecular weight is 567 g/mol. The van der Waals surface area contributed by atoms with E-state index >= 15 is 0 Å². The Morgan fingerprint density at radius 2 is 0.975 bits per heavy atom. The van der Waals surface area contributed by atoms with Gasteiger partial charge >= 0.3 is 0 Å². The van der Waals surface area contributed by atoms with E-state index in [4.69, 9.17) is 5.11 Å². The Morgan fingerprint density at radius 3 is 1.45 bits per heavy atom. The lowest BCUT2D eigenvalue weighted by atomic mass is 9.86. The number of rotatable bonds is 31. The van der Waals surface area contributed by atoms with Crippen LogP contribution in [0.4, 0.5) is 0 Å². The van der Waals surface area contributed by atoms with Gasteiger partial charge in [0.15, 0.2) is 0 Å². The zero-order valence-corrected chi connectivity index (χ0v) is 26.4. The summed E-state index contributed by atoms with van der Waals surface area (Å²) in [5, 5.41) is 29.5. The minimum Gasteiger partial charge on any atom is -0.393 e. The standard InChI is InChI=1S/C35H66O5/c1-3-5-7-9-11-13-15-16-18-19-21-23-25-27-31(29-33(38)35(40)34(39)30-36)32(37)28-26-24-22-20-17-14-12-10-8-6-4-2/h16,18,31-32,34,36-37,39H,3-15,17,19-30H2,1-2H3. The highest BCUT2D eigenvalue weighted by Crippen LogP contribution is 2.24. The number of hydrogen-bond donors (Lipinski definition) is 3. The van der Waals surface area contributed by atoms with Crippen molar-refractivity contribution in [3.63, 3.8) is 0 Å². The van der Waals surface area contributed by atoms with Crippen molar-refractivity contribution in [3.05, 3.63) is 12.2 Å². The second-order valence-electron chi connectivity index (χ2n) is 12.0. The molecular weight excluding hydrogens is 500 g/mol. The molecule has 3 unspecified atom stereocenters. The summed E-state index contributed by atoms with van der Waals surface area (Å²) in [6, 6.07) is 0. The molecule has 5 nitrogen and oxygen atoms in total. The van der Waals surface area contributed by atoms with Crippen LogP contribution >= 0.6 is 0 Å². The van der Waals surface area contributed by atoms with Crippen LogP contribution in [0.5, 0.6) is 0 Å². The molecule has 0 saturated carbocycles. The van der Waals surface area contributed by atoms with Gasteiger partial charge in [0.1, 0.15) is 6.10 Å². The molecule has 0 aliphatic heterocycles. The number of aliphatic hydroxyl groups is 3. The topological polar surface area (TPSA) is 94.8 Å². The molecule has 0 fully saturated rings. The Kier molecular flexibility index (Phi) is 28.7. The minimum absolute atomic E-state index is 0.0484. The van der Waals surface area contributed by atoms with Crippen molar-refractivity contribution >= 4 is 11.6 Å². The molecule has 0 aromatic rings. The molecule has 40 heavy (non-hydrogen) atoms. The quantitative estimate of drug-likeness (QED) is 0.0443. The van der Waals surface area contributed by atoms with Gasteiger partial charge in [-0.2, -0.15) is 0 Å². The van der Waals surface area contributed by atoms with Crippen LogP contribution in [-0.4, -0.2) is 45.7 Å². The third-order valence-corrected chi connectivity index (χ3v) is 8.18. The van der Waals surface area contributed by atoms with Crippen molar-refractivity contribution in [3.8, 4) is 0 Å². The molecule has 0 aromatic carbocycles. The zero-order valence-electron chi connectivity index (χ0n) is 26.4. The second-order valence-corrected chi connectivity index (χ2v) is 12.0. The molecule has 3 N–H and O–H groups in total. The molecule has 0 aliphatic carbocycles. The maximum Gasteiger partial charge on any atom is 0.229 e. The molecule has 0 radical (unpaired) electrons. The number of aliphatic hydroxyl groups excluding tert-OH is 3. The fourth-order valence-electron chi connectivity index (χ4n) is 5.42. The molecule has 5 heteroatoms. The second kappa shape index (κ2) is 29.5. The van der Waals surface area contributed by atoms with E-state index in [9.17, 15) is 19.8 Å². The Morgan fingerprint density at radius 1 is 0.575 bits per heavy atom. The SMILES string of the molecule is CCCCCCCCC=CCCCCCC(CC(=O)C(=O)C(O)CO)C(O)CCCCCCCCCCCCC. The van der Waals surface area contributed by atoms with Crippen LogP contribution in [0.3, 0.4) is 0 Å². The third-order valence-electron chi connectivity index (χ3n) is 8.18. The highest BCUT2D eigenvalue weighted by atomic mass is 16.3. The normalized spacial score (nSPS) is 14.0. The molecule has 0 saturated heterocycles. The van der Waals surface area contributed by atoms with Gasteiger partial charge in [0.05, 0.1) is 12.7 Å². The van der Waals surface area contributed by atoms with Crippen LogP contribution < -0.4 is 0 Å². The van der Waals surface area contributed by atoms with Gasteiger partial charge in [0.2, 0.25) is 11.6 Å². The molecule has 0 aliphatic rings. The van der Waals surface area contributed by atoms with Crippen LogP contribution in [0.25, 0.3) is 0 Å². The summed E-state index contributed by atoms with van der Waals surface area (Å²) in [6.07, 6.45) is 30.6. The minimum atomic E-state index is -1.65. The molecule has 0 bridgehead atoms. The highest BCUT2D eigenvalue weighted by Gasteiger charge is 2.28. The molecule has 0 aromatic heterocycles. The van der Waals surface area contributed by atoms with E-state index in [1.807, 2.05) is 0 Å². The first kappa shape index (κ1) is 39.0. The average Bonchev–Trinajstić information content (AvgIpc) is 2.96. The summed E-state index contributed by atoms with van der Waals surface area (Å²) >= 11 is 0. The number of ketones is 2. The number of Topliss-reactive ketones (excluding diaryl/α,β-unsaturated/α-hetero) is 2. The van der Waals surface area contributed by atoms with Crippen molar-refractivity contribution in [1.82, 2.24) is 0 Å². The highest BCUT2D eigenvalue weighted by molar-refractivity contribution is 6.38. The van der Waals surface area contributed by atoms with E-state index in [2.05, 4.69) is 26.0 Å². The summed E-state index contributed by atoms with van der Waals surface area (Å²) < 4.78 is 0. The van der Waals surface area contributed by atoms with Crippen molar-refractivity contribution < 1.29 is 24.9 Å². The lowest BCUT2D eigenvalue weighted by Crippen LogP contribution is -2.34. The van der Waals surface area contributed by atoms with Crippen molar-refractivity contribution in [2.45, 2.75) is 187 Å². The first-order chi connectivity index (χ1) is 19.5. The van der Waals surface area contributed by atoms with Crippen LogP contribution in [0.2, 0.25) is 0 Å².